The second kappa shape index (κ2) is 5.83. The Balaban J connectivity index is 1.89. The van der Waals surface area contributed by atoms with Gasteiger partial charge < -0.3 is 9.47 Å². The van der Waals surface area contributed by atoms with Crippen LogP contribution in [0.25, 0.3) is 6.08 Å². The summed E-state index contributed by atoms with van der Waals surface area (Å²) in [6, 6.07) is 15.5. The highest BCUT2D eigenvalue weighted by molar-refractivity contribution is 5.91. The minimum Gasteiger partial charge on any atom is -0.489 e. The molecule has 2 aromatic rings. The molecule has 0 N–H and O–H groups in total. The minimum atomic E-state index is -0.302. The molecular formula is C18H16O3. The monoisotopic (exact) mass is 280 g/mol. The first kappa shape index (κ1) is 13.4. The summed E-state index contributed by atoms with van der Waals surface area (Å²) in [5.74, 6) is 0.603. The van der Waals surface area contributed by atoms with Crippen molar-refractivity contribution in [1.29, 1.82) is 0 Å². The van der Waals surface area contributed by atoms with Gasteiger partial charge in [0, 0.05) is 5.56 Å². The zero-order valence-electron chi connectivity index (χ0n) is 11.8. The molecule has 106 valence electrons. The van der Waals surface area contributed by atoms with Crippen LogP contribution in [-0.4, -0.2) is 19.7 Å². The molecule has 0 saturated heterocycles. The summed E-state index contributed by atoms with van der Waals surface area (Å²) in [7, 11) is 1.40. The van der Waals surface area contributed by atoms with E-state index in [-0.39, 0.29) is 5.97 Å². The van der Waals surface area contributed by atoms with E-state index in [1.54, 1.807) is 6.07 Å². The van der Waals surface area contributed by atoms with Crippen molar-refractivity contribution in [2.24, 2.45) is 0 Å². The lowest BCUT2D eigenvalue weighted by Gasteiger charge is -2.18. The van der Waals surface area contributed by atoms with E-state index in [0.717, 1.165) is 22.4 Å². The lowest BCUT2D eigenvalue weighted by molar-refractivity contribution is 0.0599. The summed E-state index contributed by atoms with van der Waals surface area (Å²) in [5, 5.41) is 0. The van der Waals surface area contributed by atoms with Gasteiger partial charge in [0.2, 0.25) is 0 Å². The van der Waals surface area contributed by atoms with E-state index in [4.69, 9.17) is 9.47 Å². The van der Waals surface area contributed by atoms with Crippen LogP contribution in [0, 0.1) is 0 Å². The van der Waals surface area contributed by atoms with Crippen molar-refractivity contribution in [2.45, 2.75) is 6.42 Å². The van der Waals surface area contributed by atoms with Crippen molar-refractivity contribution < 1.29 is 14.3 Å². The second-order valence-corrected chi connectivity index (χ2v) is 4.95. The molecule has 0 atom stereocenters. The molecule has 1 aliphatic rings. The number of fused-ring (bicyclic) bond motifs is 1. The second-order valence-electron chi connectivity index (χ2n) is 4.95. The van der Waals surface area contributed by atoms with Gasteiger partial charge in [-0.3, -0.25) is 0 Å². The van der Waals surface area contributed by atoms with Gasteiger partial charge >= 0.3 is 5.97 Å². The summed E-state index contributed by atoms with van der Waals surface area (Å²) in [5.41, 5.74) is 3.79. The molecular weight excluding hydrogens is 264 g/mol. The van der Waals surface area contributed by atoms with Crippen LogP contribution in [0.4, 0.5) is 0 Å². The molecule has 1 heterocycles. The fraction of sp³-hybridized carbons (Fsp3) is 0.167. The summed E-state index contributed by atoms with van der Waals surface area (Å²) in [4.78, 5) is 11.8. The molecule has 2 aromatic carbocycles. The number of carbonyl (C=O) groups is 1. The van der Waals surface area contributed by atoms with Crippen LogP contribution in [0.2, 0.25) is 0 Å². The zero-order chi connectivity index (χ0) is 14.7. The fourth-order valence-corrected chi connectivity index (χ4v) is 2.49. The lowest BCUT2D eigenvalue weighted by Crippen LogP contribution is -2.12. The Morgan fingerprint density at radius 3 is 2.76 bits per heavy atom. The quantitative estimate of drug-likeness (QED) is 0.807. The number of methoxy groups -OCH3 is 1. The van der Waals surface area contributed by atoms with Crippen LogP contribution >= 0.6 is 0 Å². The van der Waals surface area contributed by atoms with Crippen molar-refractivity contribution in [1.82, 2.24) is 0 Å². The number of esters is 1. The Kier molecular flexibility index (Phi) is 3.73. The van der Waals surface area contributed by atoms with Crippen molar-refractivity contribution in [3.8, 4) is 5.75 Å². The Morgan fingerprint density at radius 1 is 1.14 bits per heavy atom. The van der Waals surface area contributed by atoms with Crippen LogP contribution in [0.5, 0.6) is 5.75 Å². The molecule has 0 radical (unpaired) electrons. The number of para-hydroxylation sites is 1. The zero-order valence-corrected chi connectivity index (χ0v) is 11.8. The molecule has 1 aliphatic heterocycles. The highest BCUT2D eigenvalue weighted by Gasteiger charge is 2.15. The van der Waals surface area contributed by atoms with Gasteiger partial charge in [0.15, 0.2) is 0 Å². The molecule has 0 fully saturated rings. The first-order valence-electron chi connectivity index (χ1n) is 6.85. The van der Waals surface area contributed by atoms with Crippen LogP contribution < -0.4 is 4.74 Å². The number of rotatable bonds is 3. The first-order chi connectivity index (χ1) is 10.3. The third-order valence-electron chi connectivity index (χ3n) is 3.53. The summed E-state index contributed by atoms with van der Waals surface area (Å²) < 4.78 is 10.6. The number of benzene rings is 2. The molecule has 21 heavy (non-hydrogen) atoms. The highest BCUT2D eigenvalue weighted by atomic mass is 16.5. The standard InChI is InChI=1S/C18H16O3/c1-20-18(19)16-8-4-2-6-14(16)10-13-11-15-7-3-5-9-17(15)21-12-13/h2-9,11H,10,12H2,1H3. The molecule has 0 aliphatic carbocycles. The Bertz CT molecular complexity index is 701. The lowest BCUT2D eigenvalue weighted by atomic mass is 9.97. The molecule has 3 rings (SSSR count). The molecule has 0 spiro atoms. The number of ether oxygens (including phenoxy) is 2. The van der Waals surface area contributed by atoms with E-state index in [2.05, 4.69) is 6.08 Å². The minimum absolute atomic E-state index is 0.302. The normalized spacial score (nSPS) is 12.9. The van der Waals surface area contributed by atoms with Gasteiger partial charge in [-0.05, 0) is 35.8 Å². The van der Waals surface area contributed by atoms with E-state index in [0.29, 0.717) is 18.6 Å². The molecule has 0 unspecified atom stereocenters. The average molecular weight is 280 g/mol. The highest BCUT2D eigenvalue weighted by Crippen LogP contribution is 2.27. The van der Waals surface area contributed by atoms with Crippen LogP contribution in [0.15, 0.2) is 54.1 Å². The molecule has 0 amide bonds. The Morgan fingerprint density at radius 2 is 1.90 bits per heavy atom. The van der Waals surface area contributed by atoms with Crippen molar-refractivity contribution in [3.63, 3.8) is 0 Å². The third kappa shape index (κ3) is 2.82. The van der Waals surface area contributed by atoms with E-state index < -0.39 is 0 Å². The SMILES string of the molecule is COC(=O)c1ccccc1CC1=Cc2ccccc2OC1. The van der Waals surface area contributed by atoms with Gasteiger partial charge in [0.05, 0.1) is 12.7 Å². The van der Waals surface area contributed by atoms with Crippen molar-refractivity contribution >= 4 is 12.0 Å². The van der Waals surface area contributed by atoms with Crippen LogP contribution in [0.1, 0.15) is 21.5 Å². The number of carbonyl (C=O) groups excluding carboxylic acids is 1. The Hall–Kier alpha value is -2.55. The van der Waals surface area contributed by atoms with E-state index >= 15 is 0 Å². The van der Waals surface area contributed by atoms with E-state index in [1.165, 1.54) is 7.11 Å². The van der Waals surface area contributed by atoms with Crippen LogP contribution in [0.3, 0.4) is 0 Å². The largest absolute Gasteiger partial charge is 0.489 e. The number of hydrogen-bond acceptors (Lipinski definition) is 3. The van der Waals surface area contributed by atoms with E-state index in [1.807, 2.05) is 42.5 Å². The third-order valence-corrected chi connectivity index (χ3v) is 3.53. The van der Waals surface area contributed by atoms with Crippen molar-refractivity contribution in [3.05, 3.63) is 70.8 Å². The molecule has 3 heteroatoms. The van der Waals surface area contributed by atoms with E-state index in [9.17, 15) is 4.79 Å². The first-order valence-corrected chi connectivity index (χ1v) is 6.85. The predicted octanol–water partition coefficient (Wildman–Crippen LogP) is 3.49. The fourth-order valence-electron chi connectivity index (χ4n) is 2.49. The van der Waals surface area contributed by atoms with Gasteiger partial charge in [-0.1, -0.05) is 36.4 Å². The molecule has 0 bridgehead atoms. The summed E-state index contributed by atoms with van der Waals surface area (Å²) >= 11 is 0. The van der Waals surface area contributed by atoms with Gasteiger partial charge in [0.25, 0.3) is 0 Å². The summed E-state index contributed by atoms with van der Waals surface area (Å²) in [6.45, 7) is 0.548. The van der Waals surface area contributed by atoms with Crippen molar-refractivity contribution in [2.75, 3.05) is 13.7 Å². The van der Waals surface area contributed by atoms with Gasteiger partial charge in [-0.2, -0.15) is 0 Å². The maximum absolute atomic E-state index is 11.8. The summed E-state index contributed by atoms with van der Waals surface area (Å²) in [6.07, 6.45) is 2.81. The topological polar surface area (TPSA) is 35.5 Å². The maximum atomic E-state index is 11.8. The van der Waals surface area contributed by atoms with Gasteiger partial charge in [0.1, 0.15) is 12.4 Å². The van der Waals surface area contributed by atoms with Gasteiger partial charge in [-0.15, -0.1) is 0 Å². The molecule has 0 saturated carbocycles. The Labute approximate surface area is 123 Å². The van der Waals surface area contributed by atoms with Gasteiger partial charge in [-0.25, -0.2) is 4.79 Å². The maximum Gasteiger partial charge on any atom is 0.338 e. The molecule has 0 aromatic heterocycles. The average Bonchev–Trinajstić information content (AvgIpc) is 2.54. The smallest absolute Gasteiger partial charge is 0.338 e. The predicted molar refractivity (Wildman–Crippen MR) is 81.4 cm³/mol. The molecule has 3 nitrogen and oxygen atoms in total. The van der Waals surface area contributed by atoms with Crippen LogP contribution in [-0.2, 0) is 11.2 Å². The number of hydrogen-bond donors (Lipinski definition) is 0.